The summed E-state index contributed by atoms with van der Waals surface area (Å²) in [5.74, 6) is -0.165. The number of hydrogen-bond acceptors (Lipinski definition) is 1. The molecule has 1 N–H and O–H groups in total. The van der Waals surface area contributed by atoms with Crippen LogP contribution in [0.25, 0.3) is 0 Å². The van der Waals surface area contributed by atoms with Gasteiger partial charge in [0.2, 0.25) is 0 Å². The molecule has 0 heterocycles. The lowest BCUT2D eigenvalue weighted by molar-refractivity contribution is 0.546. The molecule has 0 spiro atoms. The number of rotatable bonds is 6. The van der Waals surface area contributed by atoms with Crippen molar-refractivity contribution in [2.75, 3.05) is 7.05 Å². The Bertz CT molecular complexity index is 346. The molecule has 0 aliphatic rings. The Morgan fingerprint density at radius 1 is 1.50 bits per heavy atom. The van der Waals surface area contributed by atoms with Gasteiger partial charge in [0, 0.05) is 6.04 Å². The molecular formula is C14H20FN. The van der Waals surface area contributed by atoms with Crippen molar-refractivity contribution in [2.45, 2.75) is 32.2 Å². The second-order valence-electron chi connectivity index (χ2n) is 4.13. The Hall–Kier alpha value is -1.15. The third-order valence-corrected chi connectivity index (χ3v) is 2.81. The second kappa shape index (κ2) is 6.44. The van der Waals surface area contributed by atoms with Crippen molar-refractivity contribution in [3.63, 3.8) is 0 Å². The summed E-state index contributed by atoms with van der Waals surface area (Å²) in [6.07, 6.45) is 2.79. The van der Waals surface area contributed by atoms with Gasteiger partial charge in [0.1, 0.15) is 5.82 Å². The molecular weight excluding hydrogens is 201 g/mol. The monoisotopic (exact) mass is 221 g/mol. The maximum absolute atomic E-state index is 13.0. The van der Waals surface area contributed by atoms with Crippen LogP contribution in [0.4, 0.5) is 4.39 Å². The van der Waals surface area contributed by atoms with Crippen molar-refractivity contribution < 1.29 is 4.39 Å². The molecule has 0 fully saturated rings. The lowest BCUT2D eigenvalue weighted by atomic mass is 9.99. The first-order valence-electron chi connectivity index (χ1n) is 5.74. The van der Waals surface area contributed by atoms with Gasteiger partial charge in [0.05, 0.1) is 0 Å². The molecule has 1 unspecified atom stereocenters. The summed E-state index contributed by atoms with van der Waals surface area (Å²) < 4.78 is 13.0. The maximum Gasteiger partial charge on any atom is 0.123 e. The summed E-state index contributed by atoms with van der Waals surface area (Å²) in [4.78, 5) is 0. The zero-order valence-corrected chi connectivity index (χ0v) is 10.1. The summed E-state index contributed by atoms with van der Waals surface area (Å²) in [5.41, 5.74) is 2.26. The molecule has 1 rings (SSSR count). The smallest absolute Gasteiger partial charge is 0.123 e. The zero-order valence-electron chi connectivity index (χ0n) is 10.1. The SMILES string of the molecule is C=C(CC)CC(Cc1cccc(F)c1)NC. The summed E-state index contributed by atoms with van der Waals surface area (Å²) >= 11 is 0. The highest BCUT2D eigenvalue weighted by Gasteiger charge is 2.08. The molecule has 1 nitrogen and oxygen atoms in total. The van der Waals surface area contributed by atoms with E-state index in [4.69, 9.17) is 0 Å². The van der Waals surface area contributed by atoms with Crippen LogP contribution in [0, 0.1) is 5.82 Å². The Morgan fingerprint density at radius 3 is 2.81 bits per heavy atom. The van der Waals surface area contributed by atoms with E-state index in [-0.39, 0.29) is 5.82 Å². The number of nitrogens with one attached hydrogen (secondary N) is 1. The van der Waals surface area contributed by atoms with Crippen LogP contribution < -0.4 is 5.32 Å². The minimum atomic E-state index is -0.165. The van der Waals surface area contributed by atoms with Gasteiger partial charge in [0.15, 0.2) is 0 Å². The molecule has 0 aliphatic carbocycles. The molecule has 0 aromatic heterocycles. The molecule has 0 aliphatic heterocycles. The quantitative estimate of drug-likeness (QED) is 0.727. The first kappa shape index (κ1) is 12.9. The third kappa shape index (κ3) is 4.15. The molecule has 16 heavy (non-hydrogen) atoms. The molecule has 0 saturated carbocycles. The van der Waals surface area contributed by atoms with E-state index in [1.165, 1.54) is 11.6 Å². The predicted octanol–water partition coefficient (Wildman–Crippen LogP) is 3.31. The van der Waals surface area contributed by atoms with Crippen LogP contribution in [-0.2, 0) is 6.42 Å². The highest BCUT2D eigenvalue weighted by molar-refractivity contribution is 5.18. The summed E-state index contributed by atoms with van der Waals surface area (Å²) in [6, 6.07) is 7.13. The Morgan fingerprint density at radius 2 is 2.25 bits per heavy atom. The van der Waals surface area contributed by atoms with Crippen LogP contribution in [0.5, 0.6) is 0 Å². The van der Waals surface area contributed by atoms with Crippen molar-refractivity contribution in [3.05, 3.63) is 47.8 Å². The molecule has 1 aromatic carbocycles. The number of hydrogen-bond donors (Lipinski definition) is 1. The van der Waals surface area contributed by atoms with Gasteiger partial charge in [-0.1, -0.05) is 31.2 Å². The Labute approximate surface area is 97.4 Å². The molecule has 88 valence electrons. The maximum atomic E-state index is 13.0. The average molecular weight is 221 g/mol. The fourth-order valence-electron chi connectivity index (χ4n) is 1.72. The predicted molar refractivity (Wildman–Crippen MR) is 67.0 cm³/mol. The van der Waals surface area contributed by atoms with E-state index in [1.54, 1.807) is 12.1 Å². The lowest BCUT2D eigenvalue weighted by Crippen LogP contribution is -2.27. The topological polar surface area (TPSA) is 12.0 Å². The number of likely N-dealkylation sites (N-methyl/N-ethyl adjacent to an activating group) is 1. The normalized spacial score (nSPS) is 12.4. The van der Waals surface area contributed by atoms with E-state index in [2.05, 4.69) is 18.8 Å². The van der Waals surface area contributed by atoms with Gasteiger partial charge in [-0.2, -0.15) is 0 Å². The van der Waals surface area contributed by atoms with Crippen LogP contribution in [0.3, 0.4) is 0 Å². The van der Waals surface area contributed by atoms with Crippen molar-refractivity contribution in [1.82, 2.24) is 5.32 Å². The Balaban J connectivity index is 2.59. The molecule has 0 saturated heterocycles. The van der Waals surface area contributed by atoms with Crippen LogP contribution in [0.1, 0.15) is 25.3 Å². The van der Waals surface area contributed by atoms with E-state index in [9.17, 15) is 4.39 Å². The zero-order chi connectivity index (χ0) is 12.0. The first-order valence-corrected chi connectivity index (χ1v) is 5.74. The van der Waals surface area contributed by atoms with Crippen LogP contribution in [-0.4, -0.2) is 13.1 Å². The van der Waals surface area contributed by atoms with Crippen molar-refractivity contribution in [3.8, 4) is 0 Å². The van der Waals surface area contributed by atoms with Crippen LogP contribution >= 0.6 is 0 Å². The van der Waals surface area contributed by atoms with E-state index in [0.29, 0.717) is 6.04 Å². The molecule has 1 aromatic rings. The summed E-state index contributed by atoms with van der Waals surface area (Å²) in [5, 5.41) is 3.25. The number of halogens is 1. The van der Waals surface area contributed by atoms with E-state index in [0.717, 1.165) is 24.8 Å². The Kier molecular flexibility index (Phi) is 5.20. The molecule has 0 amide bonds. The van der Waals surface area contributed by atoms with Gasteiger partial charge in [-0.3, -0.25) is 0 Å². The van der Waals surface area contributed by atoms with E-state index < -0.39 is 0 Å². The van der Waals surface area contributed by atoms with Gasteiger partial charge in [-0.05, 0) is 44.0 Å². The fraction of sp³-hybridized carbons (Fsp3) is 0.429. The fourth-order valence-corrected chi connectivity index (χ4v) is 1.72. The molecule has 0 radical (unpaired) electrons. The minimum Gasteiger partial charge on any atom is -0.316 e. The van der Waals surface area contributed by atoms with E-state index in [1.807, 2.05) is 13.1 Å². The largest absolute Gasteiger partial charge is 0.316 e. The van der Waals surface area contributed by atoms with Gasteiger partial charge in [-0.15, -0.1) is 0 Å². The summed E-state index contributed by atoms with van der Waals surface area (Å²) in [7, 11) is 1.94. The van der Waals surface area contributed by atoms with Crippen LogP contribution in [0.15, 0.2) is 36.4 Å². The van der Waals surface area contributed by atoms with Crippen molar-refractivity contribution in [2.24, 2.45) is 0 Å². The van der Waals surface area contributed by atoms with Crippen LogP contribution in [0.2, 0.25) is 0 Å². The second-order valence-corrected chi connectivity index (χ2v) is 4.13. The van der Waals surface area contributed by atoms with Crippen molar-refractivity contribution in [1.29, 1.82) is 0 Å². The van der Waals surface area contributed by atoms with E-state index >= 15 is 0 Å². The molecule has 2 heteroatoms. The number of benzene rings is 1. The first-order chi connectivity index (χ1) is 7.65. The van der Waals surface area contributed by atoms with Gasteiger partial charge < -0.3 is 5.32 Å². The minimum absolute atomic E-state index is 0.165. The molecule has 0 bridgehead atoms. The highest BCUT2D eigenvalue weighted by atomic mass is 19.1. The summed E-state index contributed by atoms with van der Waals surface area (Å²) in [6.45, 7) is 6.11. The molecule has 1 atom stereocenters. The van der Waals surface area contributed by atoms with Gasteiger partial charge >= 0.3 is 0 Å². The highest BCUT2D eigenvalue weighted by Crippen LogP contribution is 2.12. The van der Waals surface area contributed by atoms with Crippen molar-refractivity contribution >= 4 is 0 Å². The standard InChI is InChI=1S/C14H20FN/c1-4-11(2)8-14(16-3)10-12-6-5-7-13(15)9-12/h5-7,9,14,16H,2,4,8,10H2,1,3H3. The van der Waals surface area contributed by atoms with Gasteiger partial charge in [0.25, 0.3) is 0 Å². The average Bonchev–Trinajstić information content (AvgIpc) is 2.28. The van der Waals surface area contributed by atoms with Gasteiger partial charge in [-0.25, -0.2) is 4.39 Å². The lowest BCUT2D eigenvalue weighted by Gasteiger charge is -2.17. The third-order valence-electron chi connectivity index (χ3n) is 2.81.